The van der Waals surface area contributed by atoms with E-state index < -0.39 is 18.2 Å². The quantitative estimate of drug-likeness (QED) is 0.155. The van der Waals surface area contributed by atoms with Crippen molar-refractivity contribution in [2.24, 2.45) is 0 Å². The first kappa shape index (κ1) is 33.3. The molecule has 232 valence electrons. The molecule has 0 fully saturated rings. The number of amides is 1. The molecule has 44 heavy (non-hydrogen) atoms. The Balaban J connectivity index is 0.000000676. The van der Waals surface area contributed by atoms with Gasteiger partial charge in [-0.25, -0.2) is 14.2 Å². The van der Waals surface area contributed by atoms with Crippen molar-refractivity contribution < 1.29 is 37.0 Å². The molecule has 0 bridgehead atoms. The number of carbonyl (C=O) groups is 2. The maximum Gasteiger partial charge on any atom is 0.490 e. The highest BCUT2D eigenvalue weighted by Crippen LogP contribution is 2.18. The van der Waals surface area contributed by atoms with E-state index in [1.165, 1.54) is 12.1 Å². The average Bonchev–Trinajstić information content (AvgIpc) is 2.98. The van der Waals surface area contributed by atoms with E-state index in [-0.39, 0.29) is 11.7 Å². The van der Waals surface area contributed by atoms with Crippen molar-refractivity contribution in [3.63, 3.8) is 0 Å². The Morgan fingerprint density at radius 2 is 1.57 bits per heavy atom. The summed E-state index contributed by atoms with van der Waals surface area (Å²) in [7, 11) is 1.60. The maximum absolute atomic E-state index is 13.3. The summed E-state index contributed by atoms with van der Waals surface area (Å²) in [4.78, 5) is 31.3. The van der Waals surface area contributed by atoms with Gasteiger partial charge >= 0.3 is 12.1 Å². The van der Waals surface area contributed by atoms with Gasteiger partial charge in [0.2, 0.25) is 11.9 Å². The van der Waals surface area contributed by atoms with Gasteiger partial charge in [0.25, 0.3) is 0 Å². The van der Waals surface area contributed by atoms with Gasteiger partial charge in [0.1, 0.15) is 23.4 Å². The molecule has 1 aromatic heterocycles. The molecule has 0 spiro atoms. The van der Waals surface area contributed by atoms with Gasteiger partial charge in [-0.2, -0.15) is 18.2 Å². The lowest BCUT2D eigenvalue weighted by molar-refractivity contribution is -0.192. The zero-order chi connectivity index (χ0) is 32.1. The van der Waals surface area contributed by atoms with Crippen LogP contribution in [-0.2, 0) is 22.4 Å². The van der Waals surface area contributed by atoms with Gasteiger partial charge in [0.15, 0.2) is 0 Å². The summed E-state index contributed by atoms with van der Waals surface area (Å²) in [6, 6.07) is 24.7. The molecule has 4 aromatic rings. The summed E-state index contributed by atoms with van der Waals surface area (Å²) >= 11 is 0. The molecule has 0 radical (unpaired) electrons. The van der Waals surface area contributed by atoms with Crippen LogP contribution in [-0.4, -0.2) is 52.8 Å². The molecule has 4 rings (SSSR count). The van der Waals surface area contributed by atoms with Crippen LogP contribution in [0.15, 0.2) is 84.9 Å². The Kier molecular flexibility index (Phi) is 12.0. The first-order valence-corrected chi connectivity index (χ1v) is 13.3. The molecule has 0 saturated carbocycles. The predicted molar refractivity (Wildman–Crippen MR) is 158 cm³/mol. The van der Waals surface area contributed by atoms with Gasteiger partial charge in [-0.1, -0.05) is 42.5 Å². The van der Waals surface area contributed by atoms with Crippen LogP contribution in [0.3, 0.4) is 0 Å². The number of hydrogen-bond acceptors (Lipinski definition) is 7. The number of nitrogens with zero attached hydrogens (tertiary/aromatic N) is 2. The van der Waals surface area contributed by atoms with Gasteiger partial charge < -0.3 is 25.8 Å². The second-order valence-electron chi connectivity index (χ2n) is 9.43. The van der Waals surface area contributed by atoms with E-state index in [2.05, 4.69) is 25.9 Å². The third-order valence-electron chi connectivity index (χ3n) is 5.99. The minimum absolute atomic E-state index is 0.184. The molecule has 4 N–H and O–H groups in total. The number of aliphatic carboxylic acids is 1. The molecule has 9 nitrogen and oxygen atoms in total. The number of rotatable bonds is 11. The van der Waals surface area contributed by atoms with Crippen LogP contribution >= 0.6 is 0 Å². The minimum atomic E-state index is -5.08. The van der Waals surface area contributed by atoms with Crippen LogP contribution in [0.5, 0.6) is 5.75 Å². The largest absolute Gasteiger partial charge is 0.497 e. The average molecular weight is 614 g/mol. The van der Waals surface area contributed by atoms with Crippen molar-refractivity contribution >= 4 is 29.3 Å². The summed E-state index contributed by atoms with van der Waals surface area (Å²) in [5.74, 6) is -1.48. The van der Waals surface area contributed by atoms with Crippen LogP contribution in [0.2, 0.25) is 0 Å². The Bertz CT molecular complexity index is 1500. The van der Waals surface area contributed by atoms with Crippen molar-refractivity contribution in [1.29, 1.82) is 0 Å². The molecule has 0 aliphatic heterocycles. The smallest absolute Gasteiger partial charge is 0.490 e. The highest BCUT2D eigenvalue weighted by molar-refractivity contribution is 5.96. The van der Waals surface area contributed by atoms with Crippen LogP contribution in [0.25, 0.3) is 0 Å². The lowest BCUT2D eigenvalue weighted by Crippen LogP contribution is -2.37. The topological polar surface area (TPSA) is 125 Å². The molecule has 3 aromatic carbocycles. The lowest BCUT2D eigenvalue weighted by atomic mass is 10.0. The lowest BCUT2D eigenvalue weighted by Gasteiger charge is -2.20. The predicted octanol–water partition coefficient (Wildman–Crippen LogP) is 5.88. The number of hydrogen-bond donors (Lipinski definition) is 4. The van der Waals surface area contributed by atoms with Gasteiger partial charge in [0.05, 0.1) is 7.11 Å². The number of halogens is 4. The standard InChI is InChI=1S/C29H30FN5O2.C2HF3O2/c1-20-18-27(35-29(32-20)31-17-16-21-8-10-23(30)11-9-21)34-26(19-22-6-4-3-5-7-22)28(36)33-24-12-14-25(37-2)15-13-24;3-2(4,5)1(6)7/h3-15,18,26H,16-17,19H2,1-2H3,(H,33,36)(H2,31,32,34,35);(H,6,7)/t26-;/m0./s1. The fraction of sp³-hybridized carbons (Fsp3) is 0.226. The molecule has 13 heteroatoms. The van der Waals surface area contributed by atoms with Crippen LogP contribution < -0.4 is 20.7 Å². The van der Waals surface area contributed by atoms with Gasteiger partial charge in [-0.05, 0) is 60.9 Å². The number of benzene rings is 3. The van der Waals surface area contributed by atoms with Crippen molar-refractivity contribution in [1.82, 2.24) is 9.97 Å². The van der Waals surface area contributed by atoms with Crippen LogP contribution in [0, 0.1) is 12.7 Å². The van der Waals surface area contributed by atoms with Gasteiger partial charge in [0, 0.05) is 30.4 Å². The fourth-order valence-electron chi connectivity index (χ4n) is 3.83. The number of nitrogens with one attached hydrogen (secondary N) is 3. The number of anilines is 3. The summed E-state index contributed by atoms with van der Waals surface area (Å²) in [5.41, 5.74) is 3.47. The van der Waals surface area contributed by atoms with Crippen molar-refractivity contribution in [3.05, 3.63) is 108 Å². The molecular weight excluding hydrogens is 582 g/mol. The third-order valence-corrected chi connectivity index (χ3v) is 5.99. The Labute approximate surface area is 251 Å². The molecule has 0 saturated heterocycles. The number of aromatic nitrogens is 2. The van der Waals surface area contributed by atoms with E-state index in [0.717, 1.165) is 16.8 Å². The molecule has 0 aliphatic carbocycles. The maximum atomic E-state index is 13.3. The number of alkyl halides is 3. The first-order chi connectivity index (χ1) is 20.9. The summed E-state index contributed by atoms with van der Waals surface area (Å²) in [5, 5.41) is 16.6. The second-order valence-corrected chi connectivity index (χ2v) is 9.43. The van der Waals surface area contributed by atoms with Crippen molar-refractivity contribution in [3.8, 4) is 5.75 Å². The van der Waals surface area contributed by atoms with Gasteiger partial charge in [-0.3, -0.25) is 4.79 Å². The number of aryl methyl sites for hydroxylation is 1. The third kappa shape index (κ3) is 11.2. The van der Waals surface area contributed by atoms with E-state index in [4.69, 9.17) is 14.6 Å². The summed E-state index contributed by atoms with van der Waals surface area (Å²) in [6.07, 6.45) is -3.92. The number of carboxylic acids is 1. The van der Waals surface area contributed by atoms with E-state index in [9.17, 15) is 22.4 Å². The van der Waals surface area contributed by atoms with Crippen molar-refractivity contribution in [2.45, 2.75) is 32.0 Å². The fourth-order valence-corrected chi connectivity index (χ4v) is 3.83. The highest BCUT2D eigenvalue weighted by atomic mass is 19.4. The molecule has 1 atom stereocenters. The SMILES string of the molecule is COc1ccc(NC(=O)[C@H](Cc2ccccc2)Nc2cc(C)nc(NCCc3ccc(F)cc3)n2)cc1.O=C(O)C(F)(F)F. The normalized spacial score (nSPS) is 11.4. The van der Waals surface area contributed by atoms with E-state index in [1.54, 1.807) is 43.5 Å². The molecule has 1 amide bonds. The number of methoxy groups -OCH3 is 1. The van der Waals surface area contributed by atoms with Crippen molar-refractivity contribution in [2.75, 3.05) is 29.6 Å². The van der Waals surface area contributed by atoms with Crippen LogP contribution in [0.4, 0.5) is 35.0 Å². The first-order valence-electron chi connectivity index (χ1n) is 13.3. The molecular formula is C31H31F4N5O4. The number of carboxylic acid groups (broad SMARTS) is 1. The molecule has 1 heterocycles. The zero-order valence-electron chi connectivity index (χ0n) is 23.9. The molecule has 0 aliphatic rings. The van der Waals surface area contributed by atoms with E-state index in [0.29, 0.717) is 42.6 Å². The van der Waals surface area contributed by atoms with E-state index in [1.807, 2.05) is 43.3 Å². The van der Waals surface area contributed by atoms with Crippen LogP contribution in [0.1, 0.15) is 16.8 Å². The number of ether oxygens (including phenoxy) is 1. The second kappa shape index (κ2) is 15.9. The van der Waals surface area contributed by atoms with E-state index >= 15 is 0 Å². The Morgan fingerprint density at radius 1 is 0.932 bits per heavy atom. The minimum Gasteiger partial charge on any atom is -0.497 e. The Morgan fingerprint density at radius 3 is 2.16 bits per heavy atom. The number of carbonyl (C=O) groups excluding carboxylic acids is 1. The summed E-state index contributed by atoms with van der Waals surface area (Å²) in [6.45, 7) is 2.46. The zero-order valence-corrected chi connectivity index (χ0v) is 23.9. The molecule has 0 unspecified atom stereocenters. The highest BCUT2D eigenvalue weighted by Gasteiger charge is 2.38. The van der Waals surface area contributed by atoms with Gasteiger partial charge in [-0.15, -0.1) is 0 Å². The summed E-state index contributed by atoms with van der Waals surface area (Å²) < 4.78 is 50.1. The Hall–Kier alpha value is -5.20. The monoisotopic (exact) mass is 613 g/mol.